The minimum Gasteiger partial charge on any atom is -0.497 e. The molecule has 2 aromatic rings. The van der Waals surface area contributed by atoms with E-state index in [0.717, 1.165) is 39.7 Å². The maximum Gasteiger partial charge on any atom is 0.143 e. The van der Waals surface area contributed by atoms with Gasteiger partial charge < -0.3 is 9.47 Å². The van der Waals surface area contributed by atoms with Gasteiger partial charge in [0.25, 0.3) is 0 Å². The zero-order valence-electron chi connectivity index (χ0n) is 12.0. The van der Waals surface area contributed by atoms with Crippen LogP contribution in [0.25, 0.3) is 5.57 Å². The van der Waals surface area contributed by atoms with Gasteiger partial charge in [0, 0.05) is 16.8 Å². The second kappa shape index (κ2) is 4.48. The second-order valence-corrected chi connectivity index (χ2v) is 5.22. The Morgan fingerprint density at radius 2 is 1.81 bits per heavy atom. The first-order valence-electron chi connectivity index (χ1n) is 6.98. The largest absolute Gasteiger partial charge is 0.497 e. The Bertz CT molecular complexity index is 772. The number of rotatable bonds is 2. The molecule has 1 atom stereocenters. The number of fused-ring (bicyclic) bond motifs is 3. The SMILES string of the molecule is COc1ccc(C2=C3Oc4ccccc4C3N=C2C)cc1. The molecule has 2 aliphatic heterocycles. The number of methoxy groups -OCH3 is 1. The summed E-state index contributed by atoms with van der Waals surface area (Å²) in [5.41, 5.74) is 4.38. The Morgan fingerprint density at radius 1 is 1.05 bits per heavy atom. The normalized spacial score (nSPS) is 19.0. The van der Waals surface area contributed by atoms with Crippen LogP contribution in [0.4, 0.5) is 0 Å². The van der Waals surface area contributed by atoms with Gasteiger partial charge in [0.2, 0.25) is 0 Å². The third-order valence-corrected chi connectivity index (χ3v) is 3.99. The van der Waals surface area contributed by atoms with E-state index in [-0.39, 0.29) is 6.04 Å². The van der Waals surface area contributed by atoms with E-state index in [2.05, 4.69) is 18.2 Å². The Balaban J connectivity index is 1.82. The number of ether oxygens (including phenoxy) is 2. The molecule has 2 heterocycles. The van der Waals surface area contributed by atoms with Crippen LogP contribution in [-0.2, 0) is 0 Å². The molecule has 0 saturated carbocycles. The molecule has 0 aromatic heterocycles. The summed E-state index contributed by atoms with van der Waals surface area (Å²) >= 11 is 0. The van der Waals surface area contributed by atoms with Gasteiger partial charge in [0.1, 0.15) is 23.3 Å². The predicted octanol–water partition coefficient (Wildman–Crippen LogP) is 4.01. The second-order valence-electron chi connectivity index (χ2n) is 5.22. The smallest absolute Gasteiger partial charge is 0.143 e. The summed E-state index contributed by atoms with van der Waals surface area (Å²) in [5.74, 6) is 2.71. The quantitative estimate of drug-likeness (QED) is 0.830. The first-order valence-corrected chi connectivity index (χ1v) is 6.98. The molecule has 0 fully saturated rings. The van der Waals surface area contributed by atoms with Crippen LogP contribution in [0.5, 0.6) is 11.5 Å². The maximum absolute atomic E-state index is 6.06. The Morgan fingerprint density at radius 3 is 2.57 bits per heavy atom. The summed E-state index contributed by atoms with van der Waals surface area (Å²) in [6.07, 6.45) is 0. The molecular formula is C18H15NO2. The number of nitrogens with zero attached hydrogens (tertiary/aromatic N) is 1. The summed E-state index contributed by atoms with van der Waals surface area (Å²) in [4.78, 5) is 4.78. The minimum atomic E-state index is 0.0123. The van der Waals surface area contributed by atoms with E-state index >= 15 is 0 Å². The number of hydrogen-bond acceptors (Lipinski definition) is 3. The fraction of sp³-hybridized carbons (Fsp3) is 0.167. The van der Waals surface area contributed by atoms with Crippen molar-refractivity contribution in [3.8, 4) is 11.5 Å². The molecule has 0 N–H and O–H groups in total. The lowest BCUT2D eigenvalue weighted by Gasteiger charge is -2.08. The van der Waals surface area contributed by atoms with Crippen LogP contribution >= 0.6 is 0 Å². The van der Waals surface area contributed by atoms with Gasteiger partial charge in [-0.25, -0.2) is 0 Å². The zero-order valence-corrected chi connectivity index (χ0v) is 12.0. The predicted molar refractivity (Wildman–Crippen MR) is 82.8 cm³/mol. The topological polar surface area (TPSA) is 30.8 Å². The van der Waals surface area contributed by atoms with Gasteiger partial charge in [-0.1, -0.05) is 30.3 Å². The summed E-state index contributed by atoms with van der Waals surface area (Å²) in [6.45, 7) is 2.04. The molecule has 1 unspecified atom stereocenters. The van der Waals surface area contributed by atoms with Crippen molar-refractivity contribution in [3.63, 3.8) is 0 Å². The molecule has 2 aromatic carbocycles. The van der Waals surface area contributed by atoms with Crippen LogP contribution in [0.15, 0.2) is 59.3 Å². The highest BCUT2D eigenvalue weighted by molar-refractivity contribution is 6.25. The van der Waals surface area contributed by atoms with Crippen LogP contribution in [0, 0.1) is 0 Å². The van der Waals surface area contributed by atoms with Gasteiger partial charge in [-0.05, 0) is 30.7 Å². The molecule has 0 saturated heterocycles. The van der Waals surface area contributed by atoms with Gasteiger partial charge >= 0.3 is 0 Å². The number of benzene rings is 2. The molecular weight excluding hydrogens is 262 g/mol. The molecule has 0 amide bonds. The molecule has 4 rings (SSSR count). The van der Waals surface area contributed by atoms with Crippen molar-refractivity contribution >= 4 is 11.3 Å². The van der Waals surface area contributed by atoms with E-state index in [4.69, 9.17) is 14.5 Å². The molecule has 3 nitrogen and oxygen atoms in total. The molecule has 0 aliphatic carbocycles. The summed E-state index contributed by atoms with van der Waals surface area (Å²) < 4.78 is 11.3. The van der Waals surface area contributed by atoms with Crippen molar-refractivity contribution in [2.45, 2.75) is 13.0 Å². The third-order valence-electron chi connectivity index (χ3n) is 3.99. The van der Waals surface area contributed by atoms with Crippen LogP contribution < -0.4 is 9.47 Å². The van der Waals surface area contributed by atoms with E-state index in [0.29, 0.717) is 0 Å². The summed E-state index contributed by atoms with van der Waals surface area (Å²) in [7, 11) is 1.67. The van der Waals surface area contributed by atoms with Crippen molar-refractivity contribution < 1.29 is 9.47 Å². The highest BCUT2D eigenvalue weighted by Crippen LogP contribution is 2.48. The van der Waals surface area contributed by atoms with Gasteiger partial charge in [-0.15, -0.1) is 0 Å². The van der Waals surface area contributed by atoms with Crippen molar-refractivity contribution in [1.29, 1.82) is 0 Å². The third kappa shape index (κ3) is 1.77. The van der Waals surface area contributed by atoms with E-state index in [1.165, 1.54) is 0 Å². The monoisotopic (exact) mass is 277 g/mol. The van der Waals surface area contributed by atoms with Crippen molar-refractivity contribution in [1.82, 2.24) is 0 Å². The van der Waals surface area contributed by atoms with Gasteiger partial charge in [0.05, 0.1) is 7.11 Å². The lowest BCUT2D eigenvalue weighted by Crippen LogP contribution is -1.99. The number of allylic oxidation sites excluding steroid dienone is 1. The molecule has 21 heavy (non-hydrogen) atoms. The van der Waals surface area contributed by atoms with Gasteiger partial charge in [0.15, 0.2) is 0 Å². The molecule has 0 spiro atoms. The summed E-state index contributed by atoms with van der Waals surface area (Å²) in [6, 6.07) is 16.1. The average Bonchev–Trinajstić information content (AvgIpc) is 3.02. The minimum absolute atomic E-state index is 0.0123. The van der Waals surface area contributed by atoms with E-state index < -0.39 is 0 Å². The maximum atomic E-state index is 6.06. The molecule has 3 heteroatoms. The highest BCUT2D eigenvalue weighted by Gasteiger charge is 2.37. The molecule has 0 radical (unpaired) electrons. The lowest BCUT2D eigenvalue weighted by molar-refractivity contribution is 0.414. The van der Waals surface area contributed by atoms with Gasteiger partial charge in [-0.2, -0.15) is 0 Å². The van der Waals surface area contributed by atoms with E-state index in [1.807, 2.05) is 37.3 Å². The van der Waals surface area contributed by atoms with Crippen molar-refractivity contribution in [2.24, 2.45) is 4.99 Å². The van der Waals surface area contributed by atoms with E-state index in [1.54, 1.807) is 7.11 Å². The van der Waals surface area contributed by atoms with Crippen LogP contribution in [0.1, 0.15) is 24.1 Å². The number of para-hydroxylation sites is 1. The first-order chi connectivity index (χ1) is 10.3. The Labute approximate surface area is 123 Å². The Hall–Kier alpha value is -2.55. The summed E-state index contributed by atoms with van der Waals surface area (Å²) in [5, 5.41) is 0. The van der Waals surface area contributed by atoms with Gasteiger partial charge in [-0.3, -0.25) is 4.99 Å². The fourth-order valence-electron chi connectivity index (χ4n) is 2.98. The molecule has 104 valence electrons. The highest BCUT2D eigenvalue weighted by atomic mass is 16.5. The van der Waals surface area contributed by atoms with Crippen LogP contribution in [0.2, 0.25) is 0 Å². The zero-order chi connectivity index (χ0) is 14.4. The molecule has 0 bridgehead atoms. The Kier molecular flexibility index (Phi) is 2.61. The fourth-order valence-corrected chi connectivity index (χ4v) is 2.98. The molecule has 2 aliphatic rings. The number of hydrogen-bond donors (Lipinski definition) is 0. The average molecular weight is 277 g/mol. The van der Waals surface area contributed by atoms with Crippen molar-refractivity contribution in [2.75, 3.05) is 7.11 Å². The van der Waals surface area contributed by atoms with Crippen LogP contribution in [0.3, 0.4) is 0 Å². The standard InChI is InChI=1S/C18H15NO2/c1-11-16(12-7-9-13(20-2)10-8-12)18-17(19-11)14-5-3-4-6-15(14)21-18/h3-10,17H,1-2H3. The van der Waals surface area contributed by atoms with Crippen molar-refractivity contribution in [3.05, 3.63) is 65.4 Å². The van der Waals surface area contributed by atoms with Crippen LogP contribution in [-0.4, -0.2) is 12.8 Å². The van der Waals surface area contributed by atoms with E-state index in [9.17, 15) is 0 Å². The lowest BCUT2D eigenvalue weighted by atomic mass is 10.00. The number of aliphatic imine (C=N–C) groups is 1. The first kappa shape index (κ1) is 12.2.